The molecule has 10 aromatic rings. The van der Waals surface area contributed by atoms with Gasteiger partial charge < -0.3 is 9.13 Å². The Morgan fingerprint density at radius 3 is 1.89 bits per heavy atom. The van der Waals surface area contributed by atoms with Crippen molar-refractivity contribution in [2.24, 2.45) is 7.05 Å². The Bertz CT molecular complexity index is 3770. The van der Waals surface area contributed by atoms with Gasteiger partial charge >= 0.3 is 0 Å². The smallest absolute Gasteiger partial charge is 0.0685 e. The average Bonchev–Trinajstić information content (AvgIpc) is 4.15. The molecule has 0 N–H and O–H groups in total. The largest absolute Gasteiger partial charge is 0.344 e. The van der Waals surface area contributed by atoms with E-state index in [4.69, 9.17) is 0 Å². The maximum absolute atomic E-state index is 2.53. The molecule has 1 spiro atoms. The number of hydrogen-bond donors (Lipinski definition) is 0. The molecule has 0 fully saturated rings. The lowest BCUT2D eigenvalue weighted by Crippen LogP contribution is -2.27. The van der Waals surface area contributed by atoms with Crippen molar-refractivity contribution in [2.75, 3.05) is 0 Å². The molecule has 5 aliphatic carbocycles. The summed E-state index contributed by atoms with van der Waals surface area (Å²) >= 11 is 0. The molecule has 2 aromatic heterocycles. The molecule has 0 amide bonds. The van der Waals surface area contributed by atoms with Crippen LogP contribution in [0.15, 0.2) is 242 Å². The Balaban J connectivity index is 0.000000109. The van der Waals surface area contributed by atoms with Gasteiger partial charge in [0.25, 0.3) is 0 Å². The van der Waals surface area contributed by atoms with Gasteiger partial charge in [-0.3, -0.25) is 0 Å². The van der Waals surface area contributed by atoms with E-state index in [1.165, 1.54) is 112 Å². The first-order chi connectivity index (χ1) is 35.9. The van der Waals surface area contributed by atoms with Crippen LogP contribution < -0.4 is 0 Å². The second-order valence-electron chi connectivity index (χ2n) is 20.3. The zero-order valence-electron chi connectivity index (χ0n) is 42.5. The molecule has 73 heavy (non-hydrogen) atoms. The van der Waals surface area contributed by atoms with Crippen molar-refractivity contribution < 1.29 is 0 Å². The van der Waals surface area contributed by atoms with Crippen LogP contribution in [0.2, 0.25) is 0 Å². The molecule has 0 aliphatic heterocycles. The van der Waals surface area contributed by atoms with Crippen LogP contribution >= 0.6 is 0 Å². The monoisotopic (exact) mass is 942 g/mol. The zero-order valence-corrected chi connectivity index (χ0v) is 42.5. The third-order valence-electron chi connectivity index (χ3n) is 16.0. The van der Waals surface area contributed by atoms with E-state index in [9.17, 15) is 0 Å². The van der Waals surface area contributed by atoms with Crippen molar-refractivity contribution in [1.82, 2.24) is 9.13 Å². The number of fused-ring (bicyclic) bond motifs is 16. The number of aromatic nitrogens is 2. The summed E-state index contributed by atoms with van der Waals surface area (Å²) in [5, 5.41) is 4.11. The van der Waals surface area contributed by atoms with Gasteiger partial charge in [-0.1, -0.05) is 230 Å². The lowest BCUT2D eigenvalue weighted by atomic mass is 9.69. The van der Waals surface area contributed by atoms with E-state index in [1.54, 1.807) is 11.1 Å². The molecule has 2 atom stereocenters. The summed E-state index contributed by atoms with van der Waals surface area (Å²) in [6.07, 6.45) is 24.9. The van der Waals surface area contributed by atoms with Gasteiger partial charge in [-0.2, -0.15) is 0 Å². The fourth-order valence-corrected chi connectivity index (χ4v) is 12.8. The first kappa shape index (κ1) is 45.9. The zero-order chi connectivity index (χ0) is 49.5. The number of allylic oxidation sites excluding steroid dienone is 9. The first-order valence-corrected chi connectivity index (χ1v) is 26.3. The summed E-state index contributed by atoms with van der Waals surface area (Å²) in [4.78, 5) is 0. The van der Waals surface area contributed by atoms with Crippen LogP contribution in [-0.2, 0) is 18.9 Å². The molecule has 356 valence electrons. The SMILES string of the molecule is Cc1ccc(-c2cccc3c4ccccc4n(C4C=CC=CC4)c23)cc1.Cc1ccc2c(c1)c1c(n2C)C=CCC1.Cc1cccc2c1C1CC=CC=C1C21c2ccccc2-c2ccccc21.c1ccccc1. The van der Waals surface area contributed by atoms with E-state index in [2.05, 4.69) is 243 Å². The fraction of sp³-hybridized carbons (Fsp3) is 0.155. The molecule has 0 saturated carbocycles. The maximum atomic E-state index is 2.53. The lowest BCUT2D eigenvalue weighted by Gasteiger charge is -2.32. The van der Waals surface area contributed by atoms with Crippen LogP contribution in [0.3, 0.4) is 0 Å². The average molecular weight is 943 g/mol. The predicted molar refractivity (Wildman–Crippen MR) is 311 cm³/mol. The fourth-order valence-electron chi connectivity index (χ4n) is 12.8. The Hall–Kier alpha value is -8.20. The second-order valence-corrected chi connectivity index (χ2v) is 20.3. The van der Waals surface area contributed by atoms with Gasteiger partial charge in [0.15, 0.2) is 0 Å². The van der Waals surface area contributed by atoms with Crippen LogP contribution in [0, 0.1) is 20.8 Å². The van der Waals surface area contributed by atoms with Crippen molar-refractivity contribution in [3.63, 3.8) is 0 Å². The molecular weight excluding hydrogens is 881 g/mol. The molecule has 8 aromatic carbocycles. The maximum Gasteiger partial charge on any atom is 0.0685 e. The molecule has 2 unspecified atom stereocenters. The highest BCUT2D eigenvalue weighted by Gasteiger charge is 2.55. The van der Waals surface area contributed by atoms with Crippen molar-refractivity contribution in [2.45, 2.75) is 63.8 Å². The van der Waals surface area contributed by atoms with Crippen molar-refractivity contribution in [3.05, 3.63) is 292 Å². The third kappa shape index (κ3) is 7.88. The molecular formula is C71H62N2. The molecule has 0 saturated heterocycles. The molecule has 5 aliphatic rings. The number of para-hydroxylation sites is 2. The summed E-state index contributed by atoms with van der Waals surface area (Å²) in [6, 6.07) is 68.4. The summed E-state index contributed by atoms with van der Waals surface area (Å²) in [7, 11) is 2.16. The Labute approximate surface area is 431 Å². The minimum atomic E-state index is -0.121. The van der Waals surface area contributed by atoms with E-state index in [1.807, 2.05) is 36.4 Å². The quantitative estimate of drug-likeness (QED) is 0.163. The number of hydrogen-bond acceptors (Lipinski definition) is 0. The molecule has 2 heteroatoms. The van der Waals surface area contributed by atoms with E-state index >= 15 is 0 Å². The Morgan fingerprint density at radius 1 is 0.507 bits per heavy atom. The van der Waals surface area contributed by atoms with Crippen molar-refractivity contribution >= 4 is 38.8 Å². The topological polar surface area (TPSA) is 9.86 Å². The highest BCUT2D eigenvalue weighted by molar-refractivity contribution is 6.13. The van der Waals surface area contributed by atoms with Gasteiger partial charge in [0.05, 0.1) is 17.0 Å². The van der Waals surface area contributed by atoms with E-state index in [0.29, 0.717) is 12.0 Å². The van der Waals surface area contributed by atoms with Gasteiger partial charge in [-0.05, 0) is 126 Å². The van der Waals surface area contributed by atoms with Crippen molar-refractivity contribution in [1.29, 1.82) is 0 Å². The van der Waals surface area contributed by atoms with Crippen LogP contribution in [0.5, 0.6) is 0 Å². The normalized spacial score (nSPS) is 16.8. The standard InChI is InChI=1S/C26H20.C25H21N.C14H15N.C6H6/c1-17-9-8-16-24-25(17)20-12-4-7-15-23(20)26(24)21-13-5-2-10-18(21)19-11-3-6-14-22(19)26;1-18-14-16-19(17-15-18)21-11-7-12-23-22-10-5-6-13-24(22)26(25(21)23)20-8-3-2-4-9-20;1-10-7-8-14-12(9-10)11-5-3-4-6-13(11)15(14)2;1-2-4-6-5-3-1/h2-11,13-16,20H,12H2,1H3;2-8,10-17,20H,9H2,1H3;4,6-9H,3,5H2,1-2H3;1-6H. The molecule has 15 rings (SSSR count). The number of nitrogens with zero attached hydrogens (tertiary/aromatic N) is 2. The van der Waals surface area contributed by atoms with Gasteiger partial charge in [-0.25, -0.2) is 0 Å². The summed E-state index contributed by atoms with van der Waals surface area (Å²) in [5.41, 5.74) is 23.8. The van der Waals surface area contributed by atoms with Crippen LogP contribution in [0.25, 0.3) is 61.0 Å². The van der Waals surface area contributed by atoms with Crippen LogP contribution in [-0.4, -0.2) is 9.13 Å². The van der Waals surface area contributed by atoms with Gasteiger partial charge in [0.2, 0.25) is 0 Å². The van der Waals surface area contributed by atoms with E-state index in [-0.39, 0.29) is 5.41 Å². The molecule has 2 nitrogen and oxygen atoms in total. The first-order valence-electron chi connectivity index (χ1n) is 26.3. The molecule has 2 heterocycles. The summed E-state index contributed by atoms with van der Waals surface area (Å²) < 4.78 is 4.83. The summed E-state index contributed by atoms with van der Waals surface area (Å²) in [6.45, 7) is 6.58. The van der Waals surface area contributed by atoms with E-state index < -0.39 is 0 Å². The highest BCUT2D eigenvalue weighted by atomic mass is 15.0. The number of rotatable bonds is 2. The van der Waals surface area contributed by atoms with Gasteiger partial charge in [0.1, 0.15) is 0 Å². The lowest BCUT2D eigenvalue weighted by molar-refractivity contribution is 0.648. The van der Waals surface area contributed by atoms with Gasteiger partial charge in [-0.15, -0.1) is 0 Å². The van der Waals surface area contributed by atoms with E-state index in [0.717, 1.165) is 12.8 Å². The predicted octanol–water partition coefficient (Wildman–Crippen LogP) is 18.3. The molecule has 0 bridgehead atoms. The Morgan fingerprint density at radius 2 is 1.15 bits per heavy atom. The summed E-state index contributed by atoms with van der Waals surface area (Å²) in [5.74, 6) is 0.496. The second kappa shape index (κ2) is 19.4. The number of benzene rings is 8. The van der Waals surface area contributed by atoms with Crippen molar-refractivity contribution in [3.8, 4) is 22.3 Å². The van der Waals surface area contributed by atoms with Gasteiger partial charge in [0, 0.05) is 51.4 Å². The minimum Gasteiger partial charge on any atom is -0.344 e. The molecule has 0 radical (unpaired) electrons. The van der Waals surface area contributed by atoms with Crippen LogP contribution in [0.1, 0.15) is 81.4 Å². The highest BCUT2D eigenvalue weighted by Crippen LogP contribution is 2.65. The Kier molecular flexibility index (Phi) is 12.2. The minimum absolute atomic E-state index is 0.121. The van der Waals surface area contributed by atoms with Crippen LogP contribution in [0.4, 0.5) is 0 Å². The third-order valence-corrected chi connectivity index (χ3v) is 16.0. The number of aryl methyl sites for hydroxylation is 5.